The van der Waals surface area contributed by atoms with Crippen molar-refractivity contribution in [1.82, 2.24) is 9.55 Å². The van der Waals surface area contributed by atoms with E-state index in [2.05, 4.69) is 15.0 Å². The minimum absolute atomic E-state index is 0.0247. The Balaban J connectivity index is 1.72. The number of halogens is 3. The van der Waals surface area contributed by atoms with Crippen LogP contribution in [0.4, 0.5) is 14.5 Å². The van der Waals surface area contributed by atoms with Crippen LogP contribution in [-0.4, -0.2) is 41.0 Å². The molecule has 11 heteroatoms. The maximum absolute atomic E-state index is 13.0. The fourth-order valence-corrected chi connectivity index (χ4v) is 4.07. The van der Waals surface area contributed by atoms with Gasteiger partial charge in [-0.15, -0.1) is 0 Å². The minimum Gasteiger partial charge on any atom is -0.433 e. The third kappa shape index (κ3) is 6.89. The predicted octanol–water partition coefficient (Wildman–Crippen LogP) is 4.81. The Morgan fingerprint density at radius 3 is 2.79 bits per heavy atom. The summed E-state index contributed by atoms with van der Waals surface area (Å²) < 4.78 is 35.9. The zero-order valence-corrected chi connectivity index (χ0v) is 19.3. The average molecular weight is 498 g/mol. The molecule has 0 aliphatic heterocycles. The summed E-state index contributed by atoms with van der Waals surface area (Å²) in [6.45, 7) is 0.399. The standard InChI is InChI=1S/C22H22ClF2N3O4S/c1-2-31-11-5-10-28-20(30)15-6-3-4-7-17(15)27-22(28)33-13-19(29)26-14-8-9-18(16(23)12-14)32-21(24)25/h3-4,6-9,12,21H,2,5,10-11,13H2,1H3,(H,26,29). The Kier molecular flexibility index (Phi) is 9.04. The summed E-state index contributed by atoms with van der Waals surface area (Å²) in [5.74, 6) is -0.583. The largest absolute Gasteiger partial charge is 0.433 e. The summed E-state index contributed by atoms with van der Waals surface area (Å²) in [5.41, 5.74) is 0.696. The van der Waals surface area contributed by atoms with Crippen molar-refractivity contribution in [3.05, 3.63) is 57.8 Å². The summed E-state index contributed by atoms with van der Waals surface area (Å²) in [6.07, 6.45) is 0.624. The summed E-state index contributed by atoms with van der Waals surface area (Å²) in [4.78, 5) is 30.0. The van der Waals surface area contributed by atoms with E-state index in [0.29, 0.717) is 47.9 Å². The average Bonchev–Trinajstić information content (AvgIpc) is 2.78. The van der Waals surface area contributed by atoms with E-state index >= 15 is 0 Å². The monoisotopic (exact) mass is 497 g/mol. The number of anilines is 1. The fourth-order valence-electron chi connectivity index (χ4n) is 3.02. The molecule has 0 saturated heterocycles. The Hall–Kier alpha value is -2.69. The molecule has 3 aromatic rings. The number of hydrogen-bond donors (Lipinski definition) is 1. The van der Waals surface area contributed by atoms with Crippen molar-refractivity contribution in [2.75, 3.05) is 24.3 Å². The van der Waals surface area contributed by atoms with E-state index < -0.39 is 6.61 Å². The number of hydrogen-bond acceptors (Lipinski definition) is 6. The van der Waals surface area contributed by atoms with Gasteiger partial charge in [0.05, 0.1) is 21.7 Å². The molecule has 0 atom stereocenters. The van der Waals surface area contributed by atoms with Crippen LogP contribution in [0.15, 0.2) is 52.4 Å². The number of aromatic nitrogens is 2. The smallest absolute Gasteiger partial charge is 0.387 e. The number of ether oxygens (including phenoxy) is 2. The van der Waals surface area contributed by atoms with Gasteiger partial charge < -0.3 is 14.8 Å². The summed E-state index contributed by atoms with van der Waals surface area (Å²) >= 11 is 7.05. The number of para-hydroxylation sites is 1. The van der Waals surface area contributed by atoms with E-state index in [1.54, 1.807) is 28.8 Å². The summed E-state index contributed by atoms with van der Waals surface area (Å²) in [5, 5.41) is 3.51. The Labute approximate surface area is 198 Å². The van der Waals surface area contributed by atoms with Crippen LogP contribution >= 0.6 is 23.4 Å². The first-order valence-electron chi connectivity index (χ1n) is 10.1. The number of rotatable bonds is 11. The van der Waals surface area contributed by atoms with Gasteiger partial charge in [0.1, 0.15) is 5.75 Å². The second-order valence-corrected chi connectivity index (χ2v) is 8.13. The molecule has 7 nitrogen and oxygen atoms in total. The van der Waals surface area contributed by atoms with Gasteiger partial charge in [-0.2, -0.15) is 8.78 Å². The number of fused-ring (bicyclic) bond motifs is 1. The van der Waals surface area contributed by atoms with Gasteiger partial charge in [0.15, 0.2) is 5.16 Å². The molecule has 176 valence electrons. The van der Waals surface area contributed by atoms with E-state index in [1.165, 1.54) is 18.2 Å². The third-order valence-corrected chi connectivity index (χ3v) is 5.74. The summed E-state index contributed by atoms with van der Waals surface area (Å²) in [7, 11) is 0. The van der Waals surface area contributed by atoms with Crippen molar-refractivity contribution in [3.63, 3.8) is 0 Å². The molecule has 0 saturated carbocycles. The topological polar surface area (TPSA) is 82.4 Å². The molecule has 1 heterocycles. The van der Waals surface area contributed by atoms with E-state index in [-0.39, 0.29) is 28.0 Å². The van der Waals surface area contributed by atoms with Gasteiger partial charge in [-0.25, -0.2) is 4.98 Å². The molecule has 1 aromatic heterocycles. The van der Waals surface area contributed by atoms with Crippen LogP contribution in [0.5, 0.6) is 5.75 Å². The molecule has 33 heavy (non-hydrogen) atoms. The van der Waals surface area contributed by atoms with Crippen LogP contribution in [0.1, 0.15) is 13.3 Å². The first-order valence-corrected chi connectivity index (χ1v) is 11.5. The Bertz CT molecular complexity index is 1180. The molecular formula is C22H22ClF2N3O4S. The number of nitrogens with zero attached hydrogens (tertiary/aromatic N) is 2. The number of carbonyl (C=O) groups is 1. The number of benzene rings is 2. The highest BCUT2D eigenvalue weighted by atomic mass is 35.5. The second-order valence-electron chi connectivity index (χ2n) is 6.78. The first-order chi connectivity index (χ1) is 15.9. The van der Waals surface area contributed by atoms with Gasteiger partial charge in [0.2, 0.25) is 5.91 Å². The van der Waals surface area contributed by atoms with Gasteiger partial charge >= 0.3 is 6.61 Å². The highest BCUT2D eigenvalue weighted by Crippen LogP contribution is 2.29. The highest BCUT2D eigenvalue weighted by molar-refractivity contribution is 7.99. The van der Waals surface area contributed by atoms with Crippen LogP contribution in [0, 0.1) is 0 Å². The lowest BCUT2D eigenvalue weighted by molar-refractivity contribution is -0.113. The Morgan fingerprint density at radius 2 is 2.06 bits per heavy atom. The highest BCUT2D eigenvalue weighted by Gasteiger charge is 2.14. The van der Waals surface area contributed by atoms with Crippen LogP contribution in [0.3, 0.4) is 0 Å². The van der Waals surface area contributed by atoms with E-state index in [1.807, 2.05) is 6.92 Å². The fraction of sp³-hybridized carbons (Fsp3) is 0.318. The molecule has 0 fully saturated rings. The van der Waals surface area contributed by atoms with Crippen molar-refractivity contribution < 1.29 is 23.0 Å². The van der Waals surface area contributed by atoms with E-state index in [4.69, 9.17) is 16.3 Å². The molecule has 0 aliphatic carbocycles. The zero-order chi connectivity index (χ0) is 23.8. The number of nitrogens with one attached hydrogen (secondary N) is 1. The van der Waals surface area contributed by atoms with Crippen LogP contribution in [0.25, 0.3) is 10.9 Å². The number of alkyl halides is 2. The van der Waals surface area contributed by atoms with Gasteiger partial charge in [-0.3, -0.25) is 14.2 Å². The molecule has 2 aromatic carbocycles. The van der Waals surface area contributed by atoms with Crippen molar-refractivity contribution in [3.8, 4) is 5.75 Å². The van der Waals surface area contributed by atoms with E-state index in [9.17, 15) is 18.4 Å². The van der Waals surface area contributed by atoms with Gasteiger partial charge in [-0.1, -0.05) is 35.5 Å². The maximum atomic E-state index is 13.0. The maximum Gasteiger partial charge on any atom is 0.387 e. The zero-order valence-electron chi connectivity index (χ0n) is 17.7. The molecule has 0 aliphatic rings. The molecule has 0 spiro atoms. The lowest BCUT2D eigenvalue weighted by Crippen LogP contribution is -2.25. The number of carbonyl (C=O) groups excluding carboxylic acids is 1. The molecule has 0 unspecified atom stereocenters. The lowest BCUT2D eigenvalue weighted by atomic mass is 10.2. The van der Waals surface area contributed by atoms with Gasteiger partial charge in [-0.05, 0) is 43.7 Å². The molecule has 0 radical (unpaired) electrons. The third-order valence-electron chi connectivity index (χ3n) is 4.47. The van der Waals surface area contributed by atoms with Crippen LogP contribution in [-0.2, 0) is 16.1 Å². The SMILES string of the molecule is CCOCCCn1c(SCC(=O)Nc2ccc(OC(F)F)c(Cl)c2)nc2ccccc2c1=O. The van der Waals surface area contributed by atoms with Crippen LogP contribution < -0.4 is 15.6 Å². The summed E-state index contributed by atoms with van der Waals surface area (Å²) in [6, 6.07) is 11.0. The first kappa shape index (κ1) is 24.9. The van der Waals surface area contributed by atoms with E-state index in [0.717, 1.165) is 11.8 Å². The number of amides is 1. The number of thioether (sulfide) groups is 1. The normalized spacial score (nSPS) is 11.2. The van der Waals surface area contributed by atoms with Gasteiger partial charge in [0.25, 0.3) is 5.56 Å². The molecule has 3 rings (SSSR count). The second kappa shape index (κ2) is 12.0. The van der Waals surface area contributed by atoms with Crippen LogP contribution in [0.2, 0.25) is 5.02 Å². The molecule has 0 bridgehead atoms. The Morgan fingerprint density at radius 1 is 1.27 bits per heavy atom. The van der Waals surface area contributed by atoms with Crippen molar-refractivity contribution >= 4 is 45.9 Å². The minimum atomic E-state index is -3.00. The van der Waals surface area contributed by atoms with Gasteiger partial charge in [0, 0.05) is 25.4 Å². The van der Waals surface area contributed by atoms with Crippen molar-refractivity contribution in [1.29, 1.82) is 0 Å². The van der Waals surface area contributed by atoms with Crippen molar-refractivity contribution in [2.24, 2.45) is 0 Å². The quantitative estimate of drug-likeness (QED) is 0.232. The molecule has 1 amide bonds. The predicted molar refractivity (Wildman–Crippen MR) is 125 cm³/mol. The lowest BCUT2D eigenvalue weighted by Gasteiger charge is -2.13. The molecular weight excluding hydrogens is 476 g/mol. The molecule has 1 N–H and O–H groups in total. The van der Waals surface area contributed by atoms with Crippen molar-refractivity contribution in [2.45, 2.75) is 31.7 Å².